The fourth-order valence-electron chi connectivity index (χ4n) is 4.40. The fraction of sp³-hybridized carbons (Fsp3) is 0.0625. The predicted molar refractivity (Wildman–Crippen MR) is 147 cm³/mol. The summed E-state index contributed by atoms with van der Waals surface area (Å²) in [5, 5.41) is 9.68. The van der Waals surface area contributed by atoms with Crippen LogP contribution in [-0.2, 0) is 25.8 Å². The van der Waals surface area contributed by atoms with Gasteiger partial charge in [-0.1, -0.05) is 85.3 Å². The van der Waals surface area contributed by atoms with Gasteiger partial charge in [-0.15, -0.1) is 68.8 Å². The molecule has 0 aliphatic heterocycles. The van der Waals surface area contributed by atoms with Gasteiger partial charge in [0.2, 0.25) is 0 Å². The molecule has 36 heavy (non-hydrogen) atoms. The maximum absolute atomic E-state index is 2.35. The van der Waals surface area contributed by atoms with Crippen molar-refractivity contribution >= 4 is 45.4 Å². The van der Waals surface area contributed by atoms with Crippen molar-refractivity contribution in [3.63, 3.8) is 0 Å². The van der Waals surface area contributed by atoms with E-state index in [1.165, 1.54) is 48.6 Å². The Hall–Kier alpha value is -2.74. The number of fused-ring (bicyclic) bond motifs is 2. The van der Waals surface area contributed by atoms with E-state index in [1.807, 2.05) is 0 Å². The van der Waals surface area contributed by atoms with Crippen LogP contribution in [-0.4, -0.2) is 0 Å². The van der Waals surface area contributed by atoms with Gasteiger partial charge >= 0.3 is 25.8 Å². The number of hydrogen-bond donors (Lipinski definition) is 0. The molecule has 0 nitrogen and oxygen atoms in total. The number of hydrogen-bond acceptors (Lipinski definition) is 0. The molecule has 0 radical (unpaired) electrons. The van der Waals surface area contributed by atoms with Crippen LogP contribution >= 0.6 is 7.92 Å². The normalized spacial score (nSPS) is 10.1. The average molecular weight is 659 g/mol. The average Bonchev–Trinajstić information content (AvgIpc) is 3.52. The summed E-state index contributed by atoms with van der Waals surface area (Å²) in [6.45, 7) is 4.31. The van der Waals surface area contributed by atoms with Gasteiger partial charge in [0.25, 0.3) is 0 Å². The van der Waals surface area contributed by atoms with E-state index in [0.717, 1.165) is 0 Å². The Kier molecular flexibility index (Phi) is 11.1. The van der Waals surface area contributed by atoms with Crippen LogP contribution < -0.4 is 25.3 Å². The van der Waals surface area contributed by atoms with Crippen LogP contribution in [0.15, 0.2) is 127 Å². The zero-order valence-corrected chi connectivity index (χ0v) is 24.8. The van der Waals surface area contributed by atoms with Crippen LogP contribution in [0.4, 0.5) is 0 Å². The first kappa shape index (κ1) is 29.5. The number of rotatable bonds is 3. The first-order chi connectivity index (χ1) is 16.2. The second-order valence-electron chi connectivity index (χ2n) is 8.40. The van der Waals surface area contributed by atoms with Crippen molar-refractivity contribution in [1.82, 2.24) is 0 Å². The van der Waals surface area contributed by atoms with Gasteiger partial charge in [-0.25, -0.2) is 0 Å². The van der Waals surface area contributed by atoms with Crippen molar-refractivity contribution < 1.29 is 35.3 Å². The molecule has 0 atom stereocenters. The molecule has 0 bridgehead atoms. The number of benzene rings is 4. The Morgan fingerprint density at radius 3 is 1.75 bits per heavy atom. The van der Waals surface area contributed by atoms with E-state index in [4.69, 9.17) is 0 Å². The van der Waals surface area contributed by atoms with Crippen molar-refractivity contribution in [2.75, 3.05) is 0 Å². The third kappa shape index (κ3) is 6.33. The molecule has 0 N–H and O–H groups in total. The van der Waals surface area contributed by atoms with Gasteiger partial charge in [0, 0.05) is 0 Å². The molecule has 0 fully saturated rings. The summed E-state index contributed by atoms with van der Waals surface area (Å²) in [4.78, 5) is 0. The Balaban J connectivity index is 0.000000279. The summed E-state index contributed by atoms with van der Waals surface area (Å²) in [6.07, 6.45) is 0. The quantitative estimate of drug-likeness (QED) is 0.154. The standard InChI is InChI=1S/C21H16P.C11H11.2FH.Hf/c1-3-11-19(12-4-1)22(20-13-5-2-6-14-20)21-15-17-9-7-8-10-18(17)16-21;1-8-6-7-9(2)11-5-3-4-10(8)11;;;/h1-16H;3-7H,1-2H3;2*1H;/q2*-1;;;+4/p-2. The van der Waals surface area contributed by atoms with Crippen LogP contribution in [0.1, 0.15) is 11.1 Å². The molecule has 4 heteroatoms. The molecule has 0 heterocycles. The Morgan fingerprint density at radius 2 is 1.17 bits per heavy atom. The first-order valence-electron chi connectivity index (χ1n) is 11.4. The van der Waals surface area contributed by atoms with E-state index in [-0.39, 0.29) is 35.3 Å². The molecule has 6 aromatic carbocycles. The van der Waals surface area contributed by atoms with E-state index < -0.39 is 7.92 Å². The van der Waals surface area contributed by atoms with E-state index in [1.54, 1.807) is 0 Å². The predicted octanol–water partition coefficient (Wildman–Crippen LogP) is 1.50. The van der Waals surface area contributed by atoms with E-state index >= 15 is 0 Å². The second kappa shape index (κ2) is 13.5. The maximum Gasteiger partial charge on any atom is 4.00 e. The van der Waals surface area contributed by atoms with Gasteiger partial charge in [-0.3, -0.25) is 0 Å². The zero-order chi connectivity index (χ0) is 22.6. The SMILES string of the molecule is Cc1ccc(C)c2[cH-]ccc12.[F-].[F-].[Hf+4].c1ccc(P(c2ccccc2)c2cc3ccccc3[cH-]2)cc1. The van der Waals surface area contributed by atoms with Gasteiger partial charge in [0.15, 0.2) is 0 Å². The third-order valence-corrected chi connectivity index (χ3v) is 8.54. The van der Waals surface area contributed by atoms with Crippen molar-refractivity contribution in [3.8, 4) is 0 Å². The second-order valence-corrected chi connectivity index (χ2v) is 10.6. The third-order valence-electron chi connectivity index (χ3n) is 6.14. The summed E-state index contributed by atoms with van der Waals surface area (Å²) in [6, 6.07) is 45.8. The van der Waals surface area contributed by atoms with Gasteiger partial charge in [0.1, 0.15) is 0 Å². The van der Waals surface area contributed by atoms with Crippen molar-refractivity contribution in [1.29, 1.82) is 0 Å². The fourth-order valence-corrected chi connectivity index (χ4v) is 6.77. The van der Waals surface area contributed by atoms with Crippen LogP contribution in [0.3, 0.4) is 0 Å². The molecule has 0 spiro atoms. The number of halogens is 2. The van der Waals surface area contributed by atoms with Crippen LogP contribution in [0.2, 0.25) is 0 Å². The van der Waals surface area contributed by atoms with E-state index in [2.05, 4.69) is 141 Å². The molecule has 0 saturated heterocycles. The largest absolute Gasteiger partial charge is 4.00 e. The minimum atomic E-state index is -0.493. The minimum Gasteiger partial charge on any atom is -1.00 e. The molecule has 178 valence electrons. The van der Waals surface area contributed by atoms with Crippen molar-refractivity contribution in [2.45, 2.75) is 13.8 Å². The van der Waals surface area contributed by atoms with Gasteiger partial charge in [0.05, 0.1) is 0 Å². The van der Waals surface area contributed by atoms with Crippen molar-refractivity contribution in [3.05, 3.63) is 139 Å². The molecule has 0 unspecified atom stereocenters. The molecule has 0 amide bonds. The molecular weight excluding hydrogens is 632 g/mol. The maximum atomic E-state index is 2.35. The van der Waals surface area contributed by atoms with Gasteiger partial charge < -0.3 is 9.41 Å². The molecule has 6 aromatic rings. The smallest absolute Gasteiger partial charge is 1.00 e. The van der Waals surface area contributed by atoms with Crippen LogP contribution in [0, 0.1) is 13.8 Å². The first-order valence-corrected chi connectivity index (χ1v) is 12.7. The van der Waals surface area contributed by atoms with Crippen molar-refractivity contribution in [2.24, 2.45) is 0 Å². The summed E-state index contributed by atoms with van der Waals surface area (Å²) in [5.41, 5.74) is 2.74. The Bertz CT molecular complexity index is 1380. The van der Waals surface area contributed by atoms with Gasteiger partial charge in [-0.2, -0.15) is 18.2 Å². The van der Waals surface area contributed by atoms with Gasteiger partial charge in [-0.05, 0) is 25.5 Å². The minimum absolute atomic E-state index is 0. The Labute approximate surface area is 232 Å². The zero-order valence-electron chi connectivity index (χ0n) is 20.3. The molecule has 0 aliphatic carbocycles. The topological polar surface area (TPSA) is 0 Å². The summed E-state index contributed by atoms with van der Waals surface area (Å²) in [7, 11) is -0.493. The van der Waals surface area contributed by atoms with Crippen LogP contribution in [0.25, 0.3) is 21.5 Å². The molecule has 0 aromatic heterocycles. The monoisotopic (exact) mass is 660 g/mol. The molecule has 0 aliphatic rings. The van der Waals surface area contributed by atoms with Crippen LogP contribution in [0.5, 0.6) is 0 Å². The van der Waals surface area contributed by atoms with E-state index in [9.17, 15) is 0 Å². The van der Waals surface area contributed by atoms with E-state index in [0.29, 0.717) is 0 Å². The number of aryl methyl sites for hydroxylation is 2. The molecule has 0 saturated carbocycles. The molecule has 6 rings (SSSR count). The Morgan fingerprint density at radius 1 is 0.611 bits per heavy atom. The summed E-state index contributed by atoms with van der Waals surface area (Å²) < 4.78 is 0. The molecular formula is C32H27F2HfP. The summed E-state index contributed by atoms with van der Waals surface area (Å²) >= 11 is 0. The summed E-state index contributed by atoms with van der Waals surface area (Å²) in [5.74, 6) is 0.